The van der Waals surface area contributed by atoms with E-state index < -0.39 is 8.56 Å². The summed E-state index contributed by atoms with van der Waals surface area (Å²) in [4.78, 5) is 0. The zero-order valence-corrected chi connectivity index (χ0v) is 6.12. The van der Waals surface area contributed by atoms with Crippen molar-refractivity contribution in [1.82, 2.24) is 0 Å². The predicted octanol–water partition coefficient (Wildman–Crippen LogP) is 0.309. The van der Waals surface area contributed by atoms with Gasteiger partial charge >= 0.3 is 0 Å². The third-order valence-electron chi connectivity index (χ3n) is 0.361. The van der Waals surface area contributed by atoms with E-state index in [0.717, 1.165) is 6.61 Å². The van der Waals surface area contributed by atoms with E-state index in [2.05, 4.69) is 9.76 Å². The maximum absolute atomic E-state index is 5.06. The molecule has 1 nitrogen and oxygen atoms in total. The lowest BCUT2D eigenvalue weighted by Gasteiger charge is -1.97. The smallest absolute Gasteiger partial charge is 0.183 e. The van der Waals surface area contributed by atoms with Crippen LogP contribution in [0.1, 0.15) is 6.92 Å². The highest BCUT2D eigenvalue weighted by Gasteiger charge is 1.89. The Morgan fingerprint density at radius 2 is 2.33 bits per heavy atom. The summed E-state index contributed by atoms with van der Waals surface area (Å²) in [5, 5.41) is 0. The van der Waals surface area contributed by atoms with Gasteiger partial charge in [-0.3, -0.25) is 0 Å². The third-order valence-corrected chi connectivity index (χ3v) is 1.52. The first kappa shape index (κ1) is 6.39. The molecule has 0 aliphatic carbocycles. The SMILES string of the molecule is CCO[Si](C)[Si]. The molecule has 34 valence electrons. The average molecular weight is 116 g/mol. The monoisotopic (exact) mass is 116 g/mol. The van der Waals surface area contributed by atoms with Gasteiger partial charge in [-0.2, -0.15) is 0 Å². The molecule has 0 saturated heterocycles. The van der Waals surface area contributed by atoms with E-state index >= 15 is 0 Å². The van der Waals surface area contributed by atoms with Crippen molar-refractivity contribution in [1.29, 1.82) is 0 Å². The lowest BCUT2D eigenvalue weighted by molar-refractivity contribution is 0.358. The summed E-state index contributed by atoms with van der Waals surface area (Å²) < 4.78 is 5.06. The van der Waals surface area contributed by atoms with Crippen LogP contribution in [0.5, 0.6) is 0 Å². The van der Waals surface area contributed by atoms with Crippen molar-refractivity contribution in [2.75, 3.05) is 6.61 Å². The van der Waals surface area contributed by atoms with Crippen LogP contribution >= 0.6 is 0 Å². The molecule has 0 heterocycles. The van der Waals surface area contributed by atoms with Gasteiger partial charge in [-0.05, 0) is 13.5 Å². The first-order valence-electron chi connectivity index (χ1n) is 1.95. The van der Waals surface area contributed by atoms with Gasteiger partial charge in [-0.15, -0.1) is 0 Å². The van der Waals surface area contributed by atoms with Crippen molar-refractivity contribution in [3.8, 4) is 0 Å². The Morgan fingerprint density at radius 1 is 1.83 bits per heavy atom. The molecule has 3 heteroatoms. The second kappa shape index (κ2) is 3.58. The number of hydrogen-bond acceptors (Lipinski definition) is 1. The fourth-order valence-electron chi connectivity index (χ4n) is 0.217. The quantitative estimate of drug-likeness (QED) is 0.472. The van der Waals surface area contributed by atoms with Gasteiger partial charge in [0.25, 0.3) is 0 Å². The van der Waals surface area contributed by atoms with Gasteiger partial charge in [-0.1, -0.05) is 0 Å². The molecule has 0 aliphatic heterocycles. The molecule has 0 spiro atoms. The Morgan fingerprint density at radius 3 is 2.33 bits per heavy atom. The van der Waals surface area contributed by atoms with E-state index in [4.69, 9.17) is 4.43 Å². The molecule has 0 aromatic heterocycles. The van der Waals surface area contributed by atoms with Crippen molar-refractivity contribution >= 4 is 18.3 Å². The van der Waals surface area contributed by atoms with Crippen LogP contribution in [-0.4, -0.2) is 24.9 Å². The van der Waals surface area contributed by atoms with Crippen molar-refractivity contribution in [3.05, 3.63) is 0 Å². The van der Waals surface area contributed by atoms with E-state index in [0.29, 0.717) is 0 Å². The third kappa shape index (κ3) is 4.39. The second-order valence-corrected chi connectivity index (χ2v) is 4.50. The Labute approximate surface area is 43.6 Å². The van der Waals surface area contributed by atoms with Crippen LogP contribution in [-0.2, 0) is 4.43 Å². The van der Waals surface area contributed by atoms with Crippen molar-refractivity contribution < 1.29 is 4.43 Å². The molecule has 0 fully saturated rings. The van der Waals surface area contributed by atoms with E-state index in [9.17, 15) is 0 Å². The largest absolute Gasteiger partial charge is 0.422 e. The minimum Gasteiger partial charge on any atom is -0.422 e. The normalized spacial score (nSPS) is 10.0. The highest BCUT2D eigenvalue weighted by Crippen LogP contribution is 1.73. The zero-order chi connectivity index (χ0) is 4.99. The lowest BCUT2D eigenvalue weighted by atomic mass is 10.9. The molecule has 0 amide bonds. The first-order chi connectivity index (χ1) is 2.77. The summed E-state index contributed by atoms with van der Waals surface area (Å²) in [5.41, 5.74) is 0. The Hall–Kier alpha value is 0.394. The highest BCUT2D eigenvalue weighted by atomic mass is 29.2. The first-order valence-corrected chi connectivity index (χ1v) is 5.36. The minimum absolute atomic E-state index is 0.580. The second-order valence-electron chi connectivity index (χ2n) is 0.989. The highest BCUT2D eigenvalue weighted by molar-refractivity contribution is 6.98. The molecule has 0 aromatic rings. The van der Waals surface area contributed by atoms with Crippen LogP contribution < -0.4 is 0 Å². The Balaban J connectivity index is 2.63. The van der Waals surface area contributed by atoms with E-state index in [1.807, 2.05) is 13.5 Å². The fourth-order valence-corrected chi connectivity index (χ4v) is 1.08. The molecule has 6 heavy (non-hydrogen) atoms. The van der Waals surface area contributed by atoms with Crippen molar-refractivity contribution in [3.63, 3.8) is 0 Å². The molecule has 0 saturated carbocycles. The molecular formula is C3H8OSi2. The van der Waals surface area contributed by atoms with E-state index in [1.165, 1.54) is 0 Å². The van der Waals surface area contributed by atoms with Crippen molar-refractivity contribution in [2.45, 2.75) is 13.5 Å². The minimum atomic E-state index is -0.580. The van der Waals surface area contributed by atoms with Gasteiger partial charge in [0.05, 0.1) is 0 Å². The molecule has 0 aliphatic rings. The van der Waals surface area contributed by atoms with E-state index in [1.54, 1.807) is 0 Å². The van der Waals surface area contributed by atoms with Crippen LogP contribution in [0.2, 0.25) is 6.55 Å². The van der Waals surface area contributed by atoms with Gasteiger partial charge in [-0.25, -0.2) is 0 Å². The molecule has 0 unspecified atom stereocenters. The van der Waals surface area contributed by atoms with Crippen LogP contribution in [0.15, 0.2) is 0 Å². The summed E-state index contributed by atoms with van der Waals surface area (Å²) >= 11 is 0. The maximum atomic E-state index is 5.06. The molecule has 4 radical (unpaired) electrons. The van der Waals surface area contributed by atoms with Crippen molar-refractivity contribution in [2.24, 2.45) is 0 Å². The summed E-state index contributed by atoms with van der Waals surface area (Å²) in [6.45, 7) is 4.87. The molecule has 0 N–H and O–H groups in total. The summed E-state index contributed by atoms with van der Waals surface area (Å²) in [6.07, 6.45) is 0. The molecule has 0 bridgehead atoms. The van der Waals surface area contributed by atoms with Gasteiger partial charge in [0.15, 0.2) is 8.56 Å². The topological polar surface area (TPSA) is 9.23 Å². The summed E-state index contributed by atoms with van der Waals surface area (Å²) in [7, 11) is 2.78. The molecule has 0 rings (SSSR count). The van der Waals surface area contributed by atoms with Gasteiger partial charge < -0.3 is 4.43 Å². The average Bonchev–Trinajstić information content (AvgIpc) is 1.35. The molecule has 0 aromatic carbocycles. The van der Waals surface area contributed by atoms with E-state index in [-0.39, 0.29) is 0 Å². The summed E-state index contributed by atoms with van der Waals surface area (Å²) in [5.74, 6) is 0. The molecule has 0 atom stereocenters. The van der Waals surface area contributed by atoms with Gasteiger partial charge in [0, 0.05) is 16.4 Å². The van der Waals surface area contributed by atoms with Gasteiger partial charge in [0.1, 0.15) is 0 Å². The number of rotatable bonds is 2. The summed E-state index contributed by atoms with van der Waals surface area (Å²) in [6, 6.07) is 0. The molecular weight excluding hydrogens is 108 g/mol. The van der Waals surface area contributed by atoms with Crippen LogP contribution in [0.4, 0.5) is 0 Å². The van der Waals surface area contributed by atoms with Crippen LogP contribution in [0.3, 0.4) is 0 Å². The van der Waals surface area contributed by atoms with Crippen LogP contribution in [0, 0.1) is 0 Å². The standard InChI is InChI=1S/C3H8OSi2/c1-3-4-6(2)5/h3H2,1-2H3. The zero-order valence-electron chi connectivity index (χ0n) is 4.12. The fraction of sp³-hybridized carbons (Fsp3) is 1.00. The number of hydrogen-bond donors (Lipinski definition) is 0. The van der Waals surface area contributed by atoms with Crippen LogP contribution in [0.25, 0.3) is 0 Å². The maximum Gasteiger partial charge on any atom is 0.183 e. The lowest BCUT2D eigenvalue weighted by Crippen LogP contribution is -2.12. The Bertz CT molecular complexity index is 30.0. The van der Waals surface area contributed by atoms with Gasteiger partial charge in [0.2, 0.25) is 0 Å². The predicted molar refractivity (Wildman–Crippen MR) is 29.0 cm³/mol. The Kier molecular flexibility index (Phi) is 3.81.